The summed E-state index contributed by atoms with van der Waals surface area (Å²) in [5.41, 5.74) is 2.58. The molecule has 1 N–H and O–H groups in total. The number of ether oxygens (including phenoxy) is 2. The number of carbonyl (C=O) groups excluding carboxylic acids is 1. The van der Waals surface area contributed by atoms with E-state index in [2.05, 4.69) is 31.3 Å². The topological polar surface area (TPSA) is 91.2 Å². The molecule has 4 aromatic rings. The van der Waals surface area contributed by atoms with E-state index in [1.165, 1.54) is 0 Å². The molecular weight excluding hydrogens is 474 g/mol. The first kappa shape index (κ1) is 20.4. The molecular formula is C23H20BrN5O3. The number of hydrogen-bond donors (Lipinski definition) is 1. The van der Waals surface area contributed by atoms with Crippen molar-refractivity contribution in [3.63, 3.8) is 0 Å². The Morgan fingerprint density at radius 3 is 2.66 bits per heavy atom. The molecule has 3 aromatic heterocycles. The van der Waals surface area contributed by atoms with E-state index in [9.17, 15) is 4.79 Å². The predicted octanol–water partition coefficient (Wildman–Crippen LogP) is 4.86. The largest absolute Gasteiger partial charge is 0.486 e. The molecule has 0 aliphatic carbocycles. The minimum atomic E-state index is -0.283. The molecule has 162 valence electrons. The molecule has 9 heteroatoms. The molecule has 0 radical (unpaired) electrons. The van der Waals surface area contributed by atoms with Crippen LogP contribution in [0.3, 0.4) is 0 Å². The lowest BCUT2D eigenvalue weighted by atomic mass is 10.1. The minimum absolute atomic E-state index is 0.0829. The van der Waals surface area contributed by atoms with E-state index in [1.54, 1.807) is 24.5 Å². The average Bonchev–Trinajstić information content (AvgIpc) is 3.24. The summed E-state index contributed by atoms with van der Waals surface area (Å²) in [4.78, 5) is 22.3. The molecule has 32 heavy (non-hydrogen) atoms. The maximum atomic E-state index is 13.2. The number of anilines is 1. The highest BCUT2D eigenvalue weighted by Crippen LogP contribution is 2.35. The second-order valence-corrected chi connectivity index (χ2v) is 8.57. The Balaban J connectivity index is 1.62. The summed E-state index contributed by atoms with van der Waals surface area (Å²) >= 11 is 3.35. The van der Waals surface area contributed by atoms with Crippen LogP contribution in [0.15, 0.2) is 53.3 Å². The quantitative estimate of drug-likeness (QED) is 0.436. The van der Waals surface area contributed by atoms with Gasteiger partial charge in [0, 0.05) is 22.3 Å². The fourth-order valence-electron chi connectivity index (χ4n) is 3.57. The van der Waals surface area contributed by atoms with E-state index in [1.807, 2.05) is 42.8 Å². The zero-order chi connectivity index (χ0) is 22.2. The number of nitrogens with zero attached hydrogens (tertiary/aromatic N) is 4. The number of carbonyl (C=O) groups is 1. The van der Waals surface area contributed by atoms with Gasteiger partial charge in [0.15, 0.2) is 17.1 Å². The number of benzene rings is 1. The Bertz CT molecular complexity index is 1320. The van der Waals surface area contributed by atoms with Crippen molar-refractivity contribution >= 4 is 38.7 Å². The van der Waals surface area contributed by atoms with Crippen LogP contribution < -0.4 is 14.8 Å². The van der Waals surface area contributed by atoms with Gasteiger partial charge in [0.2, 0.25) is 0 Å². The Morgan fingerprint density at radius 1 is 1.09 bits per heavy atom. The van der Waals surface area contributed by atoms with Crippen molar-refractivity contribution in [3.8, 4) is 22.8 Å². The fraction of sp³-hybridized carbons (Fsp3) is 0.217. The zero-order valence-corrected chi connectivity index (χ0v) is 19.1. The van der Waals surface area contributed by atoms with Crippen molar-refractivity contribution in [2.24, 2.45) is 0 Å². The summed E-state index contributed by atoms with van der Waals surface area (Å²) in [6.45, 7) is 5.07. The predicted molar refractivity (Wildman–Crippen MR) is 124 cm³/mol. The lowest BCUT2D eigenvalue weighted by molar-refractivity contribution is 0.102. The number of pyridine rings is 2. The molecule has 0 unspecified atom stereocenters. The summed E-state index contributed by atoms with van der Waals surface area (Å²) in [5, 5.41) is 8.01. The van der Waals surface area contributed by atoms with Gasteiger partial charge in [0.05, 0.1) is 22.8 Å². The maximum absolute atomic E-state index is 13.2. The van der Waals surface area contributed by atoms with E-state index < -0.39 is 0 Å². The van der Waals surface area contributed by atoms with Crippen LogP contribution in [-0.2, 0) is 0 Å². The first-order chi connectivity index (χ1) is 15.5. The molecule has 4 heterocycles. The van der Waals surface area contributed by atoms with Gasteiger partial charge in [-0.05, 0) is 66.2 Å². The van der Waals surface area contributed by atoms with Crippen LogP contribution in [0.4, 0.5) is 5.82 Å². The first-order valence-electron chi connectivity index (χ1n) is 10.2. The van der Waals surface area contributed by atoms with Crippen LogP contribution in [-0.4, -0.2) is 38.9 Å². The van der Waals surface area contributed by atoms with E-state index in [4.69, 9.17) is 14.5 Å². The third-order valence-electron chi connectivity index (χ3n) is 5.11. The highest BCUT2D eigenvalue weighted by molar-refractivity contribution is 9.10. The van der Waals surface area contributed by atoms with Crippen LogP contribution in [0.1, 0.15) is 30.2 Å². The van der Waals surface area contributed by atoms with E-state index in [0.29, 0.717) is 52.8 Å². The van der Waals surface area contributed by atoms with Gasteiger partial charge in [-0.1, -0.05) is 0 Å². The van der Waals surface area contributed by atoms with Crippen molar-refractivity contribution in [2.75, 3.05) is 18.5 Å². The van der Waals surface area contributed by atoms with Crippen molar-refractivity contribution < 1.29 is 14.3 Å². The molecule has 0 atom stereocenters. The number of fused-ring (bicyclic) bond motifs is 2. The van der Waals surface area contributed by atoms with Crippen LogP contribution in [0.2, 0.25) is 0 Å². The third kappa shape index (κ3) is 3.80. The molecule has 0 saturated carbocycles. The van der Waals surface area contributed by atoms with Crippen molar-refractivity contribution in [3.05, 3.63) is 58.8 Å². The van der Waals surface area contributed by atoms with Crippen molar-refractivity contribution in [1.82, 2.24) is 19.7 Å². The Morgan fingerprint density at radius 2 is 1.91 bits per heavy atom. The maximum Gasteiger partial charge on any atom is 0.257 e. The lowest BCUT2D eigenvalue weighted by Gasteiger charge is -2.19. The summed E-state index contributed by atoms with van der Waals surface area (Å²) in [6, 6.07) is 11.1. The Labute approximate surface area is 192 Å². The van der Waals surface area contributed by atoms with E-state index in [-0.39, 0.29) is 11.9 Å². The van der Waals surface area contributed by atoms with Gasteiger partial charge in [0.1, 0.15) is 19.0 Å². The number of halogens is 1. The highest BCUT2D eigenvalue weighted by Gasteiger charge is 2.20. The average molecular weight is 494 g/mol. The van der Waals surface area contributed by atoms with Gasteiger partial charge in [-0.25, -0.2) is 14.6 Å². The number of nitrogens with one attached hydrogen (secondary N) is 1. The van der Waals surface area contributed by atoms with Gasteiger partial charge in [-0.2, -0.15) is 5.10 Å². The summed E-state index contributed by atoms with van der Waals surface area (Å²) in [5.74, 6) is 1.54. The number of hydrogen-bond acceptors (Lipinski definition) is 6. The highest BCUT2D eigenvalue weighted by atomic mass is 79.9. The van der Waals surface area contributed by atoms with Gasteiger partial charge in [0.25, 0.3) is 5.91 Å². The third-order valence-corrected chi connectivity index (χ3v) is 5.58. The smallest absolute Gasteiger partial charge is 0.257 e. The van der Waals surface area contributed by atoms with Crippen LogP contribution in [0.5, 0.6) is 11.5 Å². The number of aromatic nitrogens is 4. The summed E-state index contributed by atoms with van der Waals surface area (Å²) in [7, 11) is 0. The minimum Gasteiger partial charge on any atom is -0.486 e. The number of rotatable bonds is 4. The molecule has 8 nitrogen and oxygen atoms in total. The summed E-state index contributed by atoms with van der Waals surface area (Å²) in [6.07, 6.45) is 3.31. The van der Waals surface area contributed by atoms with Gasteiger partial charge in [-0.15, -0.1) is 0 Å². The second-order valence-electron chi connectivity index (χ2n) is 7.65. The van der Waals surface area contributed by atoms with E-state index in [0.717, 1.165) is 10.0 Å². The molecule has 0 spiro atoms. The van der Waals surface area contributed by atoms with Gasteiger partial charge in [-0.3, -0.25) is 4.79 Å². The molecule has 0 saturated heterocycles. The number of amides is 1. The molecule has 0 bridgehead atoms. The SMILES string of the molecule is CC(C)n1ncc2c(C(=O)Nc3ccc(Br)cn3)cc(-c3ccc4c(c3)OCCO4)nc21. The van der Waals surface area contributed by atoms with Gasteiger partial charge >= 0.3 is 0 Å². The molecule has 1 aliphatic heterocycles. The summed E-state index contributed by atoms with van der Waals surface area (Å²) < 4.78 is 14.0. The van der Waals surface area contributed by atoms with Crippen LogP contribution >= 0.6 is 15.9 Å². The Kier molecular flexibility index (Phi) is 5.26. The molecule has 5 rings (SSSR count). The zero-order valence-electron chi connectivity index (χ0n) is 17.5. The lowest BCUT2D eigenvalue weighted by Crippen LogP contribution is -2.15. The second kappa shape index (κ2) is 8.23. The van der Waals surface area contributed by atoms with Crippen LogP contribution in [0.25, 0.3) is 22.3 Å². The molecule has 0 fully saturated rings. The molecule has 1 aromatic carbocycles. The van der Waals surface area contributed by atoms with E-state index >= 15 is 0 Å². The Hall–Kier alpha value is -3.46. The molecule has 1 amide bonds. The van der Waals surface area contributed by atoms with Crippen molar-refractivity contribution in [2.45, 2.75) is 19.9 Å². The standard InChI is InChI=1S/C23H20BrN5O3/c1-13(2)29-22-17(12-26-29)16(23(30)28-21-6-4-15(24)11-25-21)10-18(27-22)14-3-5-19-20(9-14)32-8-7-31-19/h3-6,9-13H,7-8H2,1-2H3,(H,25,28,30). The fourth-order valence-corrected chi connectivity index (χ4v) is 3.80. The normalized spacial score (nSPS) is 12.9. The van der Waals surface area contributed by atoms with Crippen molar-refractivity contribution in [1.29, 1.82) is 0 Å². The molecule has 1 aliphatic rings. The first-order valence-corrected chi connectivity index (χ1v) is 11.0. The van der Waals surface area contributed by atoms with Gasteiger partial charge < -0.3 is 14.8 Å². The monoisotopic (exact) mass is 493 g/mol. The van der Waals surface area contributed by atoms with Crippen LogP contribution in [0, 0.1) is 0 Å².